The van der Waals surface area contributed by atoms with E-state index in [2.05, 4.69) is 10.3 Å². The first-order valence-electron chi connectivity index (χ1n) is 7.40. The van der Waals surface area contributed by atoms with Crippen molar-refractivity contribution < 1.29 is 9.90 Å². The summed E-state index contributed by atoms with van der Waals surface area (Å²) in [6.07, 6.45) is 1.76. The van der Waals surface area contributed by atoms with Crippen molar-refractivity contribution in [1.82, 2.24) is 4.98 Å². The third-order valence-electron chi connectivity index (χ3n) is 3.48. The fraction of sp³-hybridized carbons (Fsp3) is 0.0526. The van der Waals surface area contributed by atoms with E-state index in [9.17, 15) is 4.79 Å². The minimum absolute atomic E-state index is 0.0223. The van der Waals surface area contributed by atoms with Crippen molar-refractivity contribution in [2.24, 2.45) is 0 Å². The molecule has 3 aromatic rings. The van der Waals surface area contributed by atoms with E-state index in [0.29, 0.717) is 5.02 Å². The summed E-state index contributed by atoms with van der Waals surface area (Å²) in [4.78, 5) is 15.1. The lowest BCUT2D eigenvalue weighted by Crippen LogP contribution is -2.00. The molecule has 0 radical (unpaired) electrons. The van der Waals surface area contributed by atoms with Gasteiger partial charge in [-0.1, -0.05) is 35.9 Å². The van der Waals surface area contributed by atoms with Gasteiger partial charge in [0.15, 0.2) is 0 Å². The Morgan fingerprint density at radius 1 is 1.04 bits per heavy atom. The molecule has 0 aliphatic rings. The monoisotopic (exact) mass is 338 g/mol. The van der Waals surface area contributed by atoms with Gasteiger partial charge in [0.25, 0.3) is 0 Å². The highest BCUT2D eigenvalue weighted by atomic mass is 35.5. The van der Waals surface area contributed by atoms with Gasteiger partial charge in [0.2, 0.25) is 0 Å². The predicted octanol–water partition coefficient (Wildman–Crippen LogP) is 4.77. The van der Waals surface area contributed by atoms with Crippen LogP contribution in [0.3, 0.4) is 0 Å². The number of aliphatic carboxylic acids is 1. The highest BCUT2D eigenvalue weighted by Gasteiger charge is 2.03. The maximum absolute atomic E-state index is 10.7. The van der Waals surface area contributed by atoms with Crippen LogP contribution in [0, 0.1) is 0 Å². The van der Waals surface area contributed by atoms with Crippen molar-refractivity contribution in [3.05, 3.63) is 77.4 Å². The third-order valence-corrected chi connectivity index (χ3v) is 3.71. The summed E-state index contributed by atoms with van der Waals surface area (Å²) in [6, 6.07) is 18.7. The average Bonchev–Trinajstić information content (AvgIpc) is 2.56. The van der Waals surface area contributed by atoms with Gasteiger partial charge in [0.05, 0.1) is 12.1 Å². The number of aromatic nitrogens is 1. The van der Waals surface area contributed by atoms with Gasteiger partial charge in [-0.2, -0.15) is 0 Å². The second-order valence-corrected chi connectivity index (χ2v) is 5.77. The summed E-state index contributed by atoms with van der Waals surface area (Å²) in [5, 5.41) is 12.8. The highest BCUT2D eigenvalue weighted by molar-refractivity contribution is 6.30. The molecule has 0 aliphatic heterocycles. The Bertz CT molecular complexity index is 863. The number of anilines is 2. The number of carbonyl (C=O) groups is 1. The Morgan fingerprint density at radius 3 is 2.54 bits per heavy atom. The van der Waals surface area contributed by atoms with Crippen LogP contribution in [-0.2, 0) is 11.2 Å². The van der Waals surface area contributed by atoms with Gasteiger partial charge in [-0.15, -0.1) is 0 Å². The fourth-order valence-electron chi connectivity index (χ4n) is 2.36. The molecular weight excluding hydrogens is 324 g/mol. The molecule has 3 rings (SSSR count). The molecule has 2 aromatic carbocycles. The number of halogens is 1. The zero-order chi connectivity index (χ0) is 16.9. The molecule has 2 N–H and O–H groups in total. The maximum atomic E-state index is 10.7. The van der Waals surface area contributed by atoms with Crippen molar-refractivity contribution in [2.75, 3.05) is 5.32 Å². The third kappa shape index (κ3) is 4.12. The predicted molar refractivity (Wildman–Crippen MR) is 95.7 cm³/mol. The molecule has 0 saturated heterocycles. The quantitative estimate of drug-likeness (QED) is 0.703. The Labute approximate surface area is 144 Å². The topological polar surface area (TPSA) is 62.2 Å². The number of pyridine rings is 1. The van der Waals surface area contributed by atoms with E-state index in [4.69, 9.17) is 16.7 Å². The van der Waals surface area contributed by atoms with Crippen molar-refractivity contribution in [2.45, 2.75) is 6.42 Å². The summed E-state index contributed by atoms with van der Waals surface area (Å²) in [7, 11) is 0. The molecule has 120 valence electrons. The van der Waals surface area contributed by atoms with Crippen LogP contribution in [0.25, 0.3) is 11.3 Å². The van der Waals surface area contributed by atoms with Gasteiger partial charge in [-0.05, 0) is 42.0 Å². The van der Waals surface area contributed by atoms with Gasteiger partial charge < -0.3 is 10.4 Å². The molecule has 5 heteroatoms. The SMILES string of the molecule is O=C(O)Cc1ccc(Nc2ccnc(-c3cccc(Cl)c3)c2)cc1. The molecule has 0 saturated carbocycles. The first-order valence-corrected chi connectivity index (χ1v) is 7.78. The smallest absolute Gasteiger partial charge is 0.307 e. The van der Waals surface area contributed by atoms with Crippen LogP contribution in [0.2, 0.25) is 5.02 Å². The molecule has 0 unspecified atom stereocenters. The van der Waals surface area contributed by atoms with Crippen LogP contribution in [-0.4, -0.2) is 16.1 Å². The van der Waals surface area contributed by atoms with E-state index in [1.165, 1.54) is 0 Å². The van der Waals surface area contributed by atoms with Gasteiger partial charge in [-0.3, -0.25) is 9.78 Å². The first-order chi connectivity index (χ1) is 11.6. The van der Waals surface area contributed by atoms with E-state index in [1.54, 1.807) is 18.3 Å². The number of carboxylic acids is 1. The van der Waals surface area contributed by atoms with Crippen LogP contribution in [0.15, 0.2) is 66.9 Å². The molecule has 1 heterocycles. The second kappa shape index (κ2) is 7.15. The highest BCUT2D eigenvalue weighted by Crippen LogP contribution is 2.24. The Hall–Kier alpha value is -2.85. The van der Waals surface area contributed by atoms with Crippen LogP contribution >= 0.6 is 11.6 Å². The van der Waals surface area contributed by atoms with Gasteiger partial charge >= 0.3 is 5.97 Å². The van der Waals surface area contributed by atoms with Crippen LogP contribution in [0.5, 0.6) is 0 Å². The van der Waals surface area contributed by atoms with Crippen molar-refractivity contribution in [3.8, 4) is 11.3 Å². The molecule has 0 bridgehead atoms. The van der Waals surface area contributed by atoms with Crippen LogP contribution in [0.4, 0.5) is 11.4 Å². The molecule has 1 aromatic heterocycles. The number of nitrogens with one attached hydrogen (secondary N) is 1. The lowest BCUT2D eigenvalue weighted by Gasteiger charge is -2.09. The fourth-order valence-corrected chi connectivity index (χ4v) is 2.55. The van der Waals surface area contributed by atoms with Gasteiger partial charge in [0, 0.05) is 28.2 Å². The summed E-state index contributed by atoms with van der Waals surface area (Å²) in [6.45, 7) is 0. The lowest BCUT2D eigenvalue weighted by atomic mass is 10.1. The minimum atomic E-state index is -0.837. The molecule has 0 spiro atoms. The molecule has 4 nitrogen and oxygen atoms in total. The number of carboxylic acid groups (broad SMARTS) is 1. The molecule has 24 heavy (non-hydrogen) atoms. The molecule has 0 fully saturated rings. The van der Waals surface area contributed by atoms with Crippen molar-refractivity contribution in [3.63, 3.8) is 0 Å². The van der Waals surface area contributed by atoms with Crippen molar-refractivity contribution >= 4 is 28.9 Å². The van der Waals surface area contributed by atoms with Gasteiger partial charge in [-0.25, -0.2) is 0 Å². The standard InChI is InChI=1S/C19H15ClN2O2/c20-15-3-1-2-14(11-15)18-12-17(8-9-21-18)22-16-6-4-13(5-7-16)10-19(23)24/h1-9,11-12H,10H2,(H,21,22)(H,23,24). The number of hydrogen-bond acceptors (Lipinski definition) is 3. The maximum Gasteiger partial charge on any atom is 0.307 e. The summed E-state index contributed by atoms with van der Waals surface area (Å²) in [5.74, 6) is -0.837. The minimum Gasteiger partial charge on any atom is -0.481 e. The lowest BCUT2D eigenvalue weighted by molar-refractivity contribution is -0.136. The Morgan fingerprint density at radius 2 is 1.83 bits per heavy atom. The molecule has 0 aliphatic carbocycles. The number of hydrogen-bond donors (Lipinski definition) is 2. The Balaban J connectivity index is 1.78. The zero-order valence-electron chi connectivity index (χ0n) is 12.7. The summed E-state index contributed by atoms with van der Waals surface area (Å²) < 4.78 is 0. The molecular formula is C19H15ClN2O2. The van der Waals surface area contributed by atoms with E-state index in [1.807, 2.05) is 48.5 Å². The largest absolute Gasteiger partial charge is 0.481 e. The van der Waals surface area contributed by atoms with E-state index in [-0.39, 0.29) is 6.42 Å². The summed E-state index contributed by atoms with van der Waals surface area (Å²) >= 11 is 6.03. The van der Waals surface area contributed by atoms with E-state index < -0.39 is 5.97 Å². The average molecular weight is 339 g/mol. The van der Waals surface area contributed by atoms with Gasteiger partial charge in [0.1, 0.15) is 0 Å². The summed E-state index contributed by atoms with van der Waals surface area (Å²) in [5.41, 5.74) is 4.31. The number of benzene rings is 2. The number of rotatable bonds is 5. The number of nitrogens with zero attached hydrogens (tertiary/aromatic N) is 1. The van der Waals surface area contributed by atoms with Crippen LogP contribution in [0.1, 0.15) is 5.56 Å². The van der Waals surface area contributed by atoms with Crippen LogP contribution < -0.4 is 5.32 Å². The molecule has 0 atom stereocenters. The van der Waals surface area contributed by atoms with E-state index in [0.717, 1.165) is 28.2 Å². The van der Waals surface area contributed by atoms with E-state index >= 15 is 0 Å². The normalized spacial score (nSPS) is 10.4. The Kier molecular flexibility index (Phi) is 4.77. The van der Waals surface area contributed by atoms with Crippen molar-refractivity contribution in [1.29, 1.82) is 0 Å². The first kappa shape index (κ1) is 16.0. The zero-order valence-corrected chi connectivity index (χ0v) is 13.5. The second-order valence-electron chi connectivity index (χ2n) is 5.33. The molecule has 0 amide bonds.